The van der Waals surface area contributed by atoms with Crippen molar-refractivity contribution in [1.29, 1.82) is 0 Å². The van der Waals surface area contributed by atoms with Crippen LogP contribution in [-0.2, 0) is 13.1 Å². The van der Waals surface area contributed by atoms with Gasteiger partial charge in [-0.05, 0) is 6.07 Å². The van der Waals surface area contributed by atoms with Crippen molar-refractivity contribution in [3.63, 3.8) is 0 Å². The van der Waals surface area contributed by atoms with Crippen LogP contribution in [0.4, 0.5) is 0 Å². The smallest absolute Gasteiger partial charge is 0.131 e. The molecule has 3 rings (SSSR count). The van der Waals surface area contributed by atoms with Gasteiger partial charge in [-0.25, -0.2) is 0 Å². The number of ether oxygens (including phenoxy) is 2. The van der Waals surface area contributed by atoms with Crippen LogP contribution >= 0.6 is 0 Å². The van der Waals surface area contributed by atoms with E-state index in [9.17, 15) is 0 Å². The van der Waals surface area contributed by atoms with Gasteiger partial charge in [0, 0.05) is 42.8 Å². The number of methoxy groups -OCH3 is 2. The van der Waals surface area contributed by atoms with Crippen molar-refractivity contribution in [1.82, 2.24) is 9.88 Å². The summed E-state index contributed by atoms with van der Waals surface area (Å²) in [6.07, 6.45) is 2.11. The molecule has 4 nitrogen and oxygen atoms in total. The van der Waals surface area contributed by atoms with Crippen LogP contribution in [0, 0.1) is 0 Å². The van der Waals surface area contributed by atoms with Crippen molar-refractivity contribution in [2.45, 2.75) is 13.1 Å². The molecule has 0 unspecified atom stereocenters. The van der Waals surface area contributed by atoms with Crippen molar-refractivity contribution < 1.29 is 9.47 Å². The molecule has 4 heteroatoms. The predicted octanol–water partition coefficient (Wildman–Crippen LogP) is 1.76. The number of hydrogen-bond donors (Lipinski definition) is 1. The highest BCUT2D eigenvalue weighted by atomic mass is 16.5. The summed E-state index contributed by atoms with van der Waals surface area (Å²) in [6, 6.07) is 4.08. The molecule has 0 saturated carbocycles. The van der Waals surface area contributed by atoms with Crippen molar-refractivity contribution in [2.24, 2.45) is 0 Å². The summed E-state index contributed by atoms with van der Waals surface area (Å²) in [5.74, 6) is 1.77. The lowest BCUT2D eigenvalue weighted by atomic mass is 10.1. The Morgan fingerprint density at radius 1 is 1.24 bits per heavy atom. The van der Waals surface area contributed by atoms with E-state index >= 15 is 0 Å². The van der Waals surface area contributed by atoms with Crippen LogP contribution in [0.1, 0.15) is 5.56 Å². The topological polar surface area (TPSA) is 35.4 Å². The average molecular weight is 232 g/mol. The van der Waals surface area contributed by atoms with Gasteiger partial charge < -0.3 is 19.4 Å². The van der Waals surface area contributed by atoms with Gasteiger partial charge in [-0.15, -0.1) is 0 Å². The van der Waals surface area contributed by atoms with E-state index in [0.29, 0.717) is 0 Å². The molecule has 1 aliphatic rings. The van der Waals surface area contributed by atoms with Gasteiger partial charge in [-0.3, -0.25) is 0 Å². The van der Waals surface area contributed by atoms with Crippen LogP contribution in [0.15, 0.2) is 18.3 Å². The lowest BCUT2D eigenvalue weighted by Crippen LogP contribution is -2.15. The molecule has 0 fully saturated rings. The Morgan fingerprint density at radius 3 is 2.82 bits per heavy atom. The first-order chi connectivity index (χ1) is 8.35. The summed E-state index contributed by atoms with van der Waals surface area (Å²) < 4.78 is 13.2. The third-order valence-electron chi connectivity index (χ3n) is 3.35. The van der Waals surface area contributed by atoms with Gasteiger partial charge in [0.05, 0.1) is 19.7 Å². The Bertz CT molecular complexity index is 560. The lowest BCUT2D eigenvalue weighted by Gasteiger charge is -2.12. The third-order valence-corrected chi connectivity index (χ3v) is 3.35. The largest absolute Gasteiger partial charge is 0.496 e. The van der Waals surface area contributed by atoms with Crippen molar-refractivity contribution in [3.05, 3.63) is 23.9 Å². The summed E-state index contributed by atoms with van der Waals surface area (Å²) in [6.45, 7) is 2.80. The van der Waals surface area contributed by atoms with E-state index in [1.54, 1.807) is 14.2 Å². The minimum atomic E-state index is 0.841. The molecule has 2 heterocycles. The molecule has 1 aromatic heterocycles. The fourth-order valence-corrected chi connectivity index (χ4v) is 2.53. The zero-order valence-electron chi connectivity index (χ0n) is 10.1. The van der Waals surface area contributed by atoms with Crippen LogP contribution in [0.25, 0.3) is 10.9 Å². The first kappa shape index (κ1) is 10.5. The minimum absolute atomic E-state index is 0.841. The zero-order chi connectivity index (χ0) is 11.8. The number of nitrogens with one attached hydrogen (secondary N) is 1. The van der Waals surface area contributed by atoms with E-state index in [2.05, 4.69) is 22.1 Å². The minimum Gasteiger partial charge on any atom is -0.496 e. The lowest BCUT2D eigenvalue weighted by molar-refractivity contribution is 0.394. The van der Waals surface area contributed by atoms with E-state index in [4.69, 9.17) is 9.47 Å². The summed E-state index contributed by atoms with van der Waals surface area (Å²) in [4.78, 5) is 0. The van der Waals surface area contributed by atoms with E-state index in [0.717, 1.165) is 36.5 Å². The van der Waals surface area contributed by atoms with Gasteiger partial charge >= 0.3 is 0 Å². The molecule has 0 amide bonds. The summed E-state index contributed by atoms with van der Waals surface area (Å²) in [5.41, 5.74) is 2.44. The standard InChI is InChI=1S/C13H16N2O2/c1-16-11-7-12(17-2)10-8-14-4-6-15-5-3-9(11)13(10)15/h3,5,7,14H,4,6,8H2,1-2H3. The van der Waals surface area contributed by atoms with E-state index in [1.807, 2.05) is 6.07 Å². The van der Waals surface area contributed by atoms with Gasteiger partial charge in [-0.2, -0.15) is 0 Å². The number of aromatic nitrogens is 1. The molecule has 90 valence electrons. The van der Waals surface area contributed by atoms with Gasteiger partial charge in [-0.1, -0.05) is 0 Å². The summed E-state index contributed by atoms with van der Waals surface area (Å²) in [7, 11) is 3.40. The third kappa shape index (κ3) is 1.48. The second-order valence-electron chi connectivity index (χ2n) is 4.21. The molecule has 0 atom stereocenters. The quantitative estimate of drug-likeness (QED) is 0.857. The monoisotopic (exact) mass is 232 g/mol. The molecule has 0 radical (unpaired) electrons. The van der Waals surface area contributed by atoms with Crippen LogP contribution in [0.5, 0.6) is 11.5 Å². The maximum atomic E-state index is 5.47. The number of rotatable bonds is 2. The second-order valence-corrected chi connectivity index (χ2v) is 4.21. The van der Waals surface area contributed by atoms with Crippen molar-refractivity contribution in [3.8, 4) is 11.5 Å². The first-order valence-electron chi connectivity index (χ1n) is 5.78. The molecular formula is C13H16N2O2. The Morgan fingerprint density at radius 2 is 2.06 bits per heavy atom. The highest BCUT2D eigenvalue weighted by Gasteiger charge is 2.18. The van der Waals surface area contributed by atoms with Crippen LogP contribution in [0.2, 0.25) is 0 Å². The van der Waals surface area contributed by atoms with E-state index in [-0.39, 0.29) is 0 Å². The normalized spacial score (nSPS) is 14.7. The highest BCUT2D eigenvalue weighted by Crippen LogP contribution is 2.37. The molecule has 0 spiro atoms. The molecule has 17 heavy (non-hydrogen) atoms. The Kier molecular flexibility index (Phi) is 2.44. The second kappa shape index (κ2) is 3.96. The Hall–Kier alpha value is -1.68. The molecule has 1 aromatic carbocycles. The fraction of sp³-hybridized carbons (Fsp3) is 0.385. The van der Waals surface area contributed by atoms with Gasteiger partial charge in [0.1, 0.15) is 11.5 Å². The van der Waals surface area contributed by atoms with Crippen LogP contribution in [0.3, 0.4) is 0 Å². The summed E-state index contributed by atoms with van der Waals surface area (Å²) in [5, 5.41) is 4.57. The Balaban J connectivity index is 2.37. The molecule has 0 saturated heterocycles. The first-order valence-corrected chi connectivity index (χ1v) is 5.78. The van der Waals surface area contributed by atoms with Crippen LogP contribution in [-0.4, -0.2) is 25.3 Å². The van der Waals surface area contributed by atoms with Gasteiger partial charge in [0.15, 0.2) is 0 Å². The SMILES string of the molecule is COc1cc(OC)c2ccn3c2c1CNCC3. The van der Waals surface area contributed by atoms with Crippen LogP contribution < -0.4 is 14.8 Å². The maximum Gasteiger partial charge on any atom is 0.131 e. The number of nitrogens with zero attached hydrogens (tertiary/aromatic N) is 1. The number of benzene rings is 1. The molecule has 2 aromatic rings. The molecule has 0 aliphatic carbocycles. The maximum absolute atomic E-state index is 5.47. The van der Waals surface area contributed by atoms with E-state index in [1.165, 1.54) is 11.1 Å². The zero-order valence-corrected chi connectivity index (χ0v) is 10.1. The van der Waals surface area contributed by atoms with Gasteiger partial charge in [0.2, 0.25) is 0 Å². The molecular weight excluding hydrogens is 216 g/mol. The molecule has 1 aliphatic heterocycles. The average Bonchev–Trinajstić information content (AvgIpc) is 2.66. The predicted molar refractivity (Wildman–Crippen MR) is 66.7 cm³/mol. The molecule has 0 bridgehead atoms. The number of hydrogen-bond acceptors (Lipinski definition) is 3. The Labute approximate surface area is 100 Å². The van der Waals surface area contributed by atoms with Crippen molar-refractivity contribution >= 4 is 10.9 Å². The van der Waals surface area contributed by atoms with E-state index < -0.39 is 0 Å². The fourth-order valence-electron chi connectivity index (χ4n) is 2.53. The van der Waals surface area contributed by atoms with Crippen molar-refractivity contribution in [2.75, 3.05) is 20.8 Å². The summed E-state index contributed by atoms with van der Waals surface area (Å²) >= 11 is 0. The van der Waals surface area contributed by atoms with Gasteiger partial charge in [0.25, 0.3) is 0 Å². The molecule has 1 N–H and O–H groups in total. The highest BCUT2D eigenvalue weighted by molar-refractivity contribution is 5.91.